The predicted octanol–water partition coefficient (Wildman–Crippen LogP) is 2.97. The van der Waals surface area contributed by atoms with Gasteiger partial charge in [-0.3, -0.25) is 9.69 Å². The minimum atomic E-state index is -1.08. The Bertz CT molecular complexity index is 576. The van der Waals surface area contributed by atoms with E-state index in [4.69, 9.17) is 11.6 Å². The maximum Gasteiger partial charge on any atom is 0.325 e. The summed E-state index contributed by atoms with van der Waals surface area (Å²) in [7, 11) is 0. The molecular weight excluding hydrogens is 332 g/mol. The first-order chi connectivity index (χ1) is 8.84. The van der Waals surface area contributed by atoms with Crippen LogP contribution in [0.4, 0.5) is 4.79 Å². The van der Waals surface area contributed by atoms with Crippen LogP contribution >= 0.6 is 27.5 Å². The molecule has 1 N–H and O–H groups in total. The molecule has 0 spiro atoms. The molecular formula is C13H12BrClN2O2. The maximum absolute atomic E-state index is 12.4. The summed E-state index contributed by atoms with van der Waals surface area (Å²) in [5.41, 5.74) is -0.365. The Morgan fingerprint density at radius 1 is 1.53 bits per heavy atom. The molecule has 0 aliphatic carbocycles. The average Bonchev–Trinajstić information content (AvgIpc) is 2.54. The monoisotopic (exact) mass is 342 g/mol. The van der Waals surface area contributed by atoms with Crippen molar-refractivity contribution in [2.24, 2.45) is 0 Å². The Kier molecular flexibility index (Phi) is 3.69. The Balaban J connectivity index is 2.38. The Morgan fingerprint density at radius 2 is 2.21 bits per heavy atom. The molecule has 1 unspecified atom stereocenters. The van der Waals surface area contributed by atoms with Crippen molar-refractivity contribution in [2.45, 2.75) is 12.5 Å². The largest absolute Gasteiger partial charge is 0.325 e. The summed E-state index contributed by atoms with van der Waals surface area (Å²) >= 11 is 9.03. The zero-order valence-corrected chi connectivity index (χ0v) is 12.6. The molecule has 1 aliphatic rings. The number of nitrogens with one attached hydrogen (secondary N) is 1. The zero-order chi connectivity index (χ0) is 14.2. The molecule has 0 radical (unpaired) electrons. The van der Waals surface area contributed by atoms with Gasteiger partial charge in [0, 0.05) is 9.51 Å². The van der Waals surface area contributed by atoms with Crippen LogP contribution < -0.4 is 5.32 Å². The van der Waals surface area contributed by atoms with Gasteiger partial charge in [0.05, 0.1) is 6.54 Å². The number of carbonyl (C=O) groups excluding carboxylic acids is 2. The molecule has 1 aromatic rings. The molecule has 1 aromatic carbocycles. The maximum atomic E-state index is 12.4. The van der Waals surface area contributed by atoms with E-state index in [9.17, 15) is 9.59 Å². The fourth-order valence-corrected chi connectivity index (χ4v) is 2.53. The summed E-state index contributed by atoms with van der Waals surface area (Å²) in [6, 6.07) is 6.80. The van der Waals surface area contributed by atoms with Gasteiger partial charge in [0.1, 0.15) is 5.54 Å². The highest BCUT2D eigenvalue weighted by atomic mass is 79.9. The molecule has 1 aliphatic heterocycles. The number of halogens is 2. The van der Waals surface area contributed by atoms with Crippen LogP contribution in [0.15, 0.2) is 40.3 Å². The fourth-order valence-electron chi connectivity index (χ4n) is 2.01. The van der Waals surface area contributed by atoms with Gasteiger partial charge in [0.15, 0.2) is 0 Å². The van der Waals surface area contributed by atoms with Crippen molar-refractivity contribution in [1.82, 2.24) is 10.2 Å². The normalized spacial score (nSPS) is 22.6. The van der Waals surface area contributed by atoms with Crippen LogP contribution in [0.3, 0.4) is 0 Å². The van der Waals surface area contributed by atoms with E-state index in [-0.39, 0.29) is 17.5 Å². The first-order valence-electron chi connectivity index (χ1n) is 5.58. The second-order valence-electron chi connectivity index (χ2n) is 4.47. The lowest BCUT2D eigenvalue weighted by molar-refractivity contribution is -0.130. The summed E-state index contributed by atoms with van der Waals surface area (Å²) in [5.74, 6) is -0.336. The van der Waals surface area contributed by atoms with Gasteiger partial charge in [-0.15, -0.1) is 0 Å². The van der Waals surface area contributed by atoms with Gasteiger partial charge in [-0.2, -0.15) is 0 Å². The highest BCUT2D eigenvalue weighted by Gasteiger charge is 2.48. The van der Waals surface area contributed by atoms with Gasteiger partial charge in [-0.05, 0) is 24.6 Å². The second-order valence-corrected chi connectivity index (χ2v) is 5.92. The zero-order valence-electron chi connectivity index (χ0n) is 10.2. The molecule has 2 rings (SSSR count). The van der Waals surface area contributed by atoms with Crippen molar-refractivity contribution < 1.29 is 9.59 Å². The standard InChI is InChI=1S/C13H12BrClN2O2/c1-8(15)7-17-11(18)13(2,16-12(17)19)9-4-3-5-10(14)6-9/h3-6H,1,7H2,2H3,(H,16,19). The lowest BCUT2D eigenvalue weighted by Gasteiger charge is -2.22. The van der Waals surface area contributed by atoms with E-state index in [1.165, 1.54) is 0 Å². The molecule has 100 valence electrons. The topological polar surface area (TPSA) is 49.4 Å². The van der Waals surface area contributed by atoms with Crippen molar-refractivity contribution in [2.75, 3.05) is 6.54 Å². The molecule has 1 fully saturated rings. The first-order valence-corrected chi connectivity index (χ1v) is 6.75. The van der Waals surface area contributed by atoms with Crippen LogP contribution in [-0.2, 0) is 10.3 Å². The molecule has 0 saturated carbocycles. The number of amides is 3. The number of rotatable bonds is 3. The van der Waals surface area contributed by atoms with Crippen molar-refractivity contribution in [3.63, 3.8) is 0 Å². The van der Waals surface area contributed by atoms with Crippen molar-refractivity contribution in [3.05, 3.63) is 45.9 Å². The number of hydrogen-bond acceptors (Lipinski definition) is 2. The molecule has 4 nitrogen and oxygen atoms in total. The van der Waals surface area contributed by atoms with Crippen molar-refractivity contribution in [3.8, 4) is 0 Å². The minimum Gasteiger partial charge on any atom is -0.319 e. The molecule has 1 heterocycles. The van der Waals surface area contributed by atoms with E-state index in [0.29, 0.717) is 5.56 Å². The second kappa shape index (κ2) is 4.98. The third-order valence-electron chi connectivity index (χ3n) is 3.01. The number of benzene rings is 1. The predicted molar refractivity (Wildman–Crippen MR) is 76.7 cm³/mol. The summed E-state index contributed by atoms with van der Waals surface area (Å²) in [4.78, 5) is 25.4. The van der Waals surface area contributed by atoms with Crippen LogP contribution in [0.1, 0.15) is 12.5 Å². The van der Waals surface area contributed by atoms with E-state index in [1.807, 2.05) is 12.1 Å². The molecule has 0 aromatic heterocycles. The van der Waals surface area contributed by atoms with Gasteiger partial charge < -0.3 is 5.32 Å². The number of nitrogens with zero attached hydrogens (tertiary/aromatic N) is 1. The Hall–Kier alpha value is -1.33. The number of carbonyl (C=O) groups is 2. The van der Waals surface area contributed by atoms with E-state index in [1.54, 1.807) is 19.1 Å². The Labute approximate surface area is 124 Å². The van der Waals surface area contributed by atoms with Crippen LogP contribution in [-0.4, -0.2) is 23.4 Å². The van der Waals surface area contributed by atoms with Crippen LogP contribution in [0.25, 0.3) is 0 Å². The molecule has 0 bridgehead atoms. The molecule has 1 saturated heterocycles. The molecule has 1 atom stereocenters. The van der Waals surface area contributed by atoms with Gasteiger partial charge >= 0.3 is 6.03 Å². The minimum absolute atomic E-state index is 0.00974. The Morgan fingerprint density at radius 3 is 2.79 bits per heavy atom. The summed E-state index contributed by atoms with van der Waals surface area (Å²) in [5, 5.41) is 2.93. The van der Waals surface area contributed by atoms with Crippen LogP contribution in [0.5, 0.6) is 0 Å². The highest BCUT2D eigenvalue weighted by molar-refractivity contribution is 9.10. The molecule has 6 heteroatoms. The summed E-state index contributed by atoms with van der Waals surface area (Å²) in [6.45, 7) is 5.19. The van der Waals surface area contributed by atoms with E-state index in [2.05, 4.69) is 27.8 Å². The van der Waals surface area contributed by atoms with Gasteiger partial charge in [0.25, 0.3) is 5.91 Å². The average molecular weight is 344 g/mol. The number of hydrogen-bond donors (Lipinski definition) is 1. The van der Waals surface area contributed by atoms with E-state index >= 15 is 0 Å². The highest BCUT2D eigenvalue weighted by Crippen LogP contribution is 2.30. The molecule has 3 amide bonds. The van der Waals surface area contributed by atoms with Crippen LogP contribution in [0.2, 0.25) is 0 Å². The third kappa shape index (κ3) is 2.53. The van der Waals surface area contributed by atoms with Gasteiger partial charge in [-0.25, -0.2) is 4.79 Å². The third-order valence-corrected chi connectivity index (χ3v) is 3.62. The van der Waals surface area contributed by atoms with Crippen molar-refractivity contribution in [1.29, 1.82) is 0 Å². The smallest absolute Gasteiger partial charge is 0.319 e. The summed E-state index contributed by atoms with van der Waals surface area (Å²) in [6.07, 6.45) is 0. The van der Waals surface area contributed by atoms with Gasteiger partial charge in [-0.1, -0.05) is 46.2 Å². The van der Waals surface area contributed by atoms with E-state index < -0.39 is 11.6 Å². The first kappa shape index (κ1) is 14.1. The van der Waals surface area contributed by atoms with Crippen LogP contribution in [0, 0.1) is 0 Å². The lowest BCUT2D eigenvalue weighted by atomic mass is 9.92. The number of urea groups is 1. The quantitative estimate of drug-likeness (QED) is 0.858. The summed E-state index contributed by atoms with van der Waals surface area (Å²) < 4.78 is 0.841. The number of imide groups is 1. The van der Waals surface area contributed by atoms with Crippen molar-refractivity contribution >= 4 is 39.5 Å². The lowest BCUT2D eigenvalue weighted by Crippen LogP contribution is -2.41. The SMILES string of the molecule is C=C(Cl)CN1C(=O)NC(C)(c2cccc(Br)c2)C1=O. The van der Waals surface area contributed by atoms with Gasteiger partial charge in [0.2, 0.25) is 0 Å². The molecule has 19 heavy (non-hydrogen) atoms. The fraction of sp³-hybridized carbons (Fsp3) is 0.231. The van der Waals surface area contributed by atoms with E-state index in [0.717, 1.165) is 9.37 Å².